The van der Waals surface area contributed by atoms with Crippen molar-refractivity contribution in [3.63, 3.8) is 0 Å². The van der Waals surface area contributed by atoms with E-state index < -0.39 is 0 Å². The Balaban J connectivity index is 1.68. The Labute approximate surface area is 223 Å². The third kappa shape index (κ3) is 3.58. The zero-order chi connectivity index (χ0) is 25.9. The molecule has 0 aliphatic carbocycles. The van der Waals surface area contributed by atoms with Gasteiger partial charge in [-0.3, -0.25) is 4.98 Å². The lowest BCUT2D eigenvalue weighted by molar-refractivity contribution is 0.591. The van der Waals surface area contributed by atoms with Crippen LogP contribution in [-0.4, -0.2) is 4.98 Å². The summed E-state index contributed by atoms with van der Waals surface area (Å²) in [6.45, 7) is 6.88. The molecule has 1 heterocycles. The standard InChI is InChI=1S/C37H29N/c1-37(2,3)28-18-19-32-33(21-28)35(26-17-16-24-10-4-5-11-25(24)20-26)30-14-8-9-15-31(30)36(32)34-23-38-22-27-12-6-7-13-29(27)34/h4-23H,1-3H3. The van der Waals surface area contributed by atoms with Crippen LogP contribution < -0.4 is 0 Å². The van der Waals surface area contributed by atoms with E-state index in [1.807, 2.05) is 12.4 Å². The molecule has 38 heavy (non-hydrogen) atoms. The second kappa shape index (κ2) is 8.53. The van der Waals surface area contributed by atoms with Gasteiger partial charge in [-0.15, -0.1) is 0 Å². The van der Waals surface area contributed by atoms with Crippen molar-refractivity contribution in [3.05, 3.63) is 127 Å². The van der Waals surface area contributed by atoms with Crippen LogP contribution in [0.5, 0.6) is 0 Å². The molecule has 0 saturated carbocycles. The molecule has 182 valence electrons. The van der Waals surface area contributed by atoms with E-state index in [0.717, 1.165) is 5.39 Å². The van der Waals surface area contributed by atoms with Gasteiger partial charge in [0.1, 0.15) is 0 Å². The maximum Gasteiger partial charge on any atom is 0.0353 e. The van der Waals surface area contributed by atoms with Gasteiger partial charge < -0.3 is 0 Å². The van der Waals surface area contributed by atoms with Crippen molar-refractivity contribution in [2.75, 3.05) is 0 Å². The highest BCUT2D eigenvalue weighted by Gasteiger charge is 2.21. The Hall–Kier alpha value is -4.49. The first kappa shape index (κ1) is 22.7. The molecule has 0 radical (unpaired) electrons. The first-order valence-electron chi connectivity index (χ1n) is 13.3. The SMILES string of the molecule is CC(C)(C)c1ccc2c(-c3cncc4ccccc34)c3ccccc3c(-c3ccc4ccccc4c3)c2c1. The minimum Gasteiger partial charge on any atom is -0.263 e. The number of fused-ring (bicyclic) bond motifs is 4. The number of benzene rings is 6. The van der Waals surface area contributed by atoms with Crippen molar-refractivity contribution >= 4 is 43.1 Å². The Morgan fingerprint density at radius 3 is 1.87 bits per heavy atom. The van der Waals surface area contributed by atoms with E-state index in [1.54, 1.807) is 0 Å². The van der Waals surface area contributed by atoms with Gasteiger partial charge in [-0.1, -0.05) is 118 Å². The minimum absolute atomic E-state index is 0.0433. The summed E-state index contributed by atoms with van der Waals surface area (Å²) >= 11 is 0. The number of aromatic nitrogens is 1. The van der Waals surface area contributed by atoms with Crippen LogP contribution in [0.25, 0.3) is 65.3 Å². The topological polar surface area (TPSA) is 12.9 Å². The fourth-order valence-corrected chi connectivity index (χ4v) is 5.91. The van der Waals surface area contributed by atoms with Crippen molar-refractivity contribution in [1.82, 2.24) is 4.98 Å². The predicted molar refractivity (Wildman–Crippen MR) is 164 cm³/mol. The summed E-state index contributed by atoms with van der Waals surface area (Å²) in [5.74, 6) is 0. The molecule has 0 saturated heterocycles. The highest BCUT2D eigenvalue weighted by atomic mass is 14.6. The summed E-state index contributed by atoms with van der Waals surface area (Å²) in [6.07, 6.45) is 4.00. The summed E-state index contributed by atoms with van der Waals surface area (Å²) < 4.78 is 0. The zero-order valence-corrected chi connectivity index (χ0v) is 22.0. The van der Waals surface area contributed by atoms with E-state index >= 15 is 0 Å². The Morgan fingerprint density at radius 2 is 1.11 bits per heavy atom. The van der Waals surface area contributed by atoms with Gasteiger partial charge in [0, 0.05) is 23.3 Å². The number of rotatable bonds is 2. The predicted octanol–water partition coefficient (Wildman–Crippen LogP) is 10.3. The quantitative estimate of drug-likeness (QED) is 0.221. The minimum atomic E-state index is 0.0433. The zero-order valence-electron chi connectivity index (χ0n) is 22.0. The maximum atomic E-state index is 4.67. The number of nitrogens with zero attached hydrogens (tertiary/aromatic N) is 1. The summed E-state index contributed by atoms with van der Waals surface area (Å²) in [5, 5.41) is 9.98. The van der Waals surface area contributed by atoms with Crippen molar-refractivity contribution < 1.29 is 0 Å². The second-order valence-corrected chi connectivity index (χ2v) is 11.3. The van der Waals surface area contributed by atoms with Crippen LogP contribution >= 0.6 is 0 Å². The van der Waals surface area contributed by atoms with Gasteiger partial charge in [-0.25, -0.2) is 0 Å². The lowest BCUT2D eigenvalue weighted by Gasteiger charge is -2.23. The van der Waals surface area contributed by atoms with Crippen molar-refractivity contribution in [2.45, 2.75) is 26.2 Å². The van der Waals surface area contributed by atoms with Gasteiger partial charge >= 0.3 is 0 Å². The number of hydrogen-bond donors (Lipinski definition) is 0. The Bertz CT molecular complexity index is 2000. The molecule has 7 rings (SSSR count). The van der Waals surface area contributed by atoms with E-state index in [4.69, 9.17) is 0 Å². The molecule has 0 aliphatic rings. The largest absolute Gasteiger partial charge is 0.263 e. The molecule has 7 aromatic rings. The van der Waals surface area contributed by atoms with Crippen molar-refractivity contribution in [3.8, 4) is 22.3 Å². The molecule has 6 aromatic carbocycles. The highest BCUT2D eigenvalue weighted by molar-refractivity contribution is 6.23. The molecule has 0 spiro atoms. The fraction of sp³-hybridized carbons (Fsp3) is 0.108. The van der Waals surface area contributed by atoms with E-state index in [0.29, 0.717) is 0 Å². The lowest BCUT2D eigenvalue weighted by Crippen LogP contribution is -2.10. The first-order valence-corrected chi connectivity index (χ1v) is 13.3. The molecule has 1 aromatic heterocycles. The fourth-order valence-electron chi connectivity index (χ4n) is 5.91. The first-order chi connectivity index (χ1) is 18.5. The second-order valence-electron chi connectivity index (χ2n) is 11.3. The smallest absolute Gasteiger partial charge is 0.0353 e. The Morgan fingerprint density at radius 1 is 0.474 bits per heavy atom. The van der Waals surface area contributed by atoms with Gasteiger partial charge in [0.15, 0.2) is 0 Å². The summed E-state index contributed by atoms with van der Waals surface area (Å²) in [4.78, 5) is 4.67. The summed E-state index contributed by atoms with van der Waals surface area (Å²) in [6, 6.07) is 40.0. The normalized spacial score (nSPS) is 12.1. The van der Waals surface area contributed by atoms with Gasteiger partial charge in [0.25, 0.3) is 0 Å². The third-order valence-corrected chi connectivity index (χ3v) is 7.87. The molecular formula is C37H29N. The van der Waals surface area contributed by atoms with E-state index in [-0.39, 0.29) is 5.41 Å². The van der Waals surface area contributed by atoms with Crippen molar-refractivity contribution in [1.29, 1.82) is 0 Å². The Kier molecular flexibility index (Phi) is 5.09. The summed E-state index contributed by atoms with van der Waals surface area (Å²) in [5.41, 5.74) is 6.36. The molecular weight excluding hydrogens is 458 g/mol. The van der Waals surface area contributed by atoms with Crippen LogP contribution in [0.4, 0.5) is 0 Å². The van der Waals surface area contributed by atoms with Crippen LogP contribution in [0.1, 0.15) is 26.3 Å². The van der Waals surface area contributed by atoms with Crippen molar-refractivity contribution in [2.24, 2.45) is 0 Å². The summed E-state index contributed by atoms with van der Waals surface area (Å²) in [7, 11) is 0. The highest BCUT2D eigenvalue weighted by Crippen LogP contribution is 2.46. The van der Waals surface area contributed by atoms with Gasteiger partial charge in [-0.2, -0.15) is 0 Å². The van der Waals surface area contributed by atoms with E-state index in [9.17, 15) is 0 Å². The van der Waals surface area contributed by atoms with Crippen LogP contribution in [0.3, 0.4) is 0 Å². The molecule has 0 amide bonds. The van der Waals surface area contributed by atoms with Crippen LogP contribution in [0, 0.1) is 0 Å². The molecule has 0 unspecified atom stereocenters. The third-order valence-electron chi connectivity index (χ3n) is 7.87. The average molecular weight is 488 g/mol. The number of pyridine rings is 1. The molecule has 0 atom stereocenters. The lowest BCUT2D eigenvalue weighted by atomic mass is 9.81. The van der Waals surface area contributed by atoms with Gasteiger partial charge in [-0.05, 0) is 77.5 Å². The van der Waals surface area contributed by atoms with E-state index in [2.05, 4.69) is 135 Å². The van der Waals surface area contributed by atoms with Gasteiger partial charge in [0.05, 0.1) is 0 Å². The van der Waals surface area contributed by atoms with Crippen LogP contribution in [-0.2, 0) is 5.41 Å². The van der Waals surface area contributed by atoms with E-state index in [1.165, 1.54) is 65.5 Å². The maximum absolute atomic E-state index is 4.67. The van der Waals surface area contributed by atoms with Gasteiger partial charge in [0.2, 0.25) is 0 Å². The molecule has 0 aliphatic heterocycles. The molecule has 1 nitrogen and oxygen atoms in total. The average Bonchev–Trinajstić information content (AvgIpc) is 2.94. The molecule has 0 bridgehead atoms. The molecule has 1 heteroatoms. The molecule has 0 N–H and O–H groups in total. The number of hydrogen-bond acceptors (Lipinski definition) is 1. The van der Waals surface area contributed by atoms with Crippen LogP contribution in [0.2, 0.25) is 0 Å². The monoisotopic (exact) mass is 487 g/mol. The molecule has 0 fully saturated rings. The van der Waals surface area contributed by atoms with Crippen LogP contribution in [0.15, 0.2) is 122 Å².